The van der Waals surface area contributed by atoms with Crippen LogP contribution in [0.1, 0.15) is 5.56 Å². The minimum atomic E-state index is -0.124. The molecule has 0 amide bonds. The number of hydrogen-bond donors (Lipinski definition) is 1. The number of nitrogens with zero attached hydrogens (tertiary/aromatic N) is 1. The summed E-state index contributed by atoms with van der Waals surface area (Å²) in [7, 11) is 1.64. The first-order chi connectivity index (χ1) is 7.20. The Labute approximate surface area is 93.9 Å². The van der Waals surface area contributed by atoms with Gasteiger partial charge in [-0.3, -0.25) is 4.99 Å². The number of rotatable bonds is 3. The van der Waals surface area contributed by atoms with E-state index < -0.39 is 0 Å². The highest BCUT2D eigenvalue weighted by Crippen LogP contribution is 2.30. The number of hydrogen-bond acceptors (Lipinski definition) is 3. The van der Waals surface area contributed by atoms with Gasteiger partial charge < -0.3 is 10.5 Å². The third-order valence-corrected chi connectivity index (χ3v) is 2.69. The second kappa shape index (κ2) is 4.31. The number of ether oxygens (including phenoxy) is 1. The Balaban J connectivity index is 2.19. The van der Waals surface area contributed by atoms with Gasteiger partial charge in [-0.25, -0.2) is 0 Å². The maximum Gasteiger partial charge on any atom is 0.0680 e. The summed E-state index contributed by atoms with van der Waals surface area (Å²) in [6.07, 6.45) is 0.803. The van der Waals surface area contributed by atoms with Gasteiger partial charge in [-0.2, -0.15) is 0 Å². The van der Waals surface area contributed by atoms with Crippen molar-refractivity contribution in [3.8, 4) is 0 Å². The highest BCUT2D eigenvalue weighted by molar-refractivity contribution is 6.31. The minimum Gasteiger partial charge on any atom is -0.383 e. The van der Waals surface area contributed by atoms with Gasteiger partial charge in [-0.1, -0.05) is 17.7 Å². The predicted molar refractivity (Wildman–Crippen MR) is 62.1 cm³/mol. The molecule has 80 valence electrons. The lowest BCUT2D eigenvalue weighted by Gasteiger charge is -2.09. The van der Waals surface area contributed by atoms with Crippen LogP contribution < -0.4 is 5.73 Å². The molecule has 0 radical (unpaired) electrons. The molecule has 3 nitrogen and oxygen atoms in total. The topological polar surface area (TPSA) is 47.6 Å². The van der Waals surface area contributed by atoms with E-state index in [1.807, 2.05) is 18.2 Å². The first kappa shape index (κ1) is 10.6. The molecule has 4 heteroatoms. The van der Waals surface area contributed by atoms with Gasteiger partial charge in [0.1, 0.15) is 0 Å². The number of aliphatic imine (C=N–C) groups is 1. The quantitative estimate of drug-likeness (QED) is 0.853. The molecule has 0 saturated heterocycles. The zero-order valence-electron chi connectivity index (χ0n) is 8.53. The van der Waals surface area contributed by atoms with Gasteiger partial charge in [0.05, 0.1) is 18.3 Å². The van der Waals surface area contributed by atoms with Crippen LogP contribution in [-0.4, -0.2) is 25.5 Å². The fourth-order valence-electron chi connectivity index (χ4n) is 1.67. The molecule has 2 N–H and O–H groups in total. The van der Waals surface area contributed by atoms with Crippen LogP contribution in [0.15, 0.2) is 23.2 Å². The second-order valence-electron chi connectivity index (χ2n) is 3.61. The summed E-state index contributed by atoms with van der Waals surface area (Å²) in [4.78, 5) is 4.46. The number of methoxy groups -OCH3 is 1. The molecule has 0 spiro atoms. The Kier molecular flexibility index (Phi) is 3.05. The molecule has 1 aliphatic rings. The number of nitrogens with two attached hydrogens (primary N) is 1. The standard InChI is InChI=1S/C11H13ClN2O/c1-15-6-9(13)11-4-7-2-3-8(12)5-10(7)14-11/h2-3,5,9H,4,6,13H2,1H3. The molecular weight excluding hydrogens is 212 g/mol. The average Bonchev–Trinajstić information content (AvgIpc) is 2.60. The Hall–Kier alpha value is -0.900. The maximum atomic E-state index is 5.92. The highest BCUT2D eigenvalue weighted by atomic mass is 35.5. The molecule has 1 aromatic rings. The van der Waals surface area contributed by atoms with Crippen molar-refractivity contribution in [1.29, 1.82) is 0 Å². The van der Waals surface area contributed by atoms with Crippen molar-refractivity contribution in [3.05, 3.63) is 28.8 Å². The first-order valence-electron chi connectivity index (χ1n) is 4.81. The van der Waals surface area contributed by atoms with Crippen LogP contribution in [0, 0.1) is 0 Å². The largest absolute Gasteiger partial charge is 0.383 e. The molecule has 0 fully saturated rings. The van der Waals surface area contributed by atoms with Gasteiger partial charge in [0.2, 0.25) is 0 Å². The molecule has 0 bridgehead atoms. The molecule has 0 saturated carbocycles. The summed E-state index contributed by atoms with van der Waals surface area (Å²) in [5, 5.41) is 0.707. The van der Waals surface area contributed by atoms with Crippen LogP contribution in [0.4, 0.5) is 5.69 Å². The van der Waals surface area contributed by atoms with Crippen molar-refractivity contribution < 1.29 is 4.74 Å². The fourth-order valence-corrected chi connectivity index (χ4v) is 1.84. The van der Waals surface area contributed by atoms with Crippen molar-refractivity contribution in [1.82, 2.24) is 0 Å². The molecule has 1 aromatic carbocycles. The van der Waals surface area contributed by atoms with Gasteiger partial charge in [-0.15, -0.1) is 0 Å². The van der Waals surface area contributed by atoms with Gasteiger partial charge >= 0.3 is 0 Å². The van der Waals surface area contributed by atoms with Crippen molar-refractivity contribution in [2.45, 2.75) is 12.5 Å². The lowest BCUT2D eigenvalue weighted by Crippen LogP contribution is -2.34. The van der Waals surface area contributed by atoms with Crippen LogP contribution >= 0.6 is 11.6 Å². The van der Waals surface area contributed by atoms with Crippen LogP contribution in [0.3, 0.4) is 0 Å². The summed E-state index contributed by atoms with van der Waals surface area (Å²) >= 11 is 5.89. The second-order valence-corrected chi connectivity index (χ2v) is 4.05. The molecular formula is C11H13ClN2O. The van der Waals surface area contributed by atoms with Crippen LogP contribution in [0.2, 0.25) is 5.02 Å². The number of benzene rings is 1. The lowest BCUT2D eigenvalue weighted by molar-refractivity contribution is 0.196. The van der Waals surface area contributed by atoms with Gasteiger partial charge in [-0.05, 0) is 17.7 Å². The number of halogens is 1. The summed E-state index contributed by atoms with van der Waals surface area (Å²) < 4.78 is 5.01. The van der Waals surface area contributed by atoms with E-state index in [0.717, 1.165) is 17.8 Å². The van der Waals surface area contributed by atoms with Crippen LogP contribution in [0.25, 0.3) is 0 Å². The van der Waals surface area contributed by atoms with E-state index in [9.17, 15) is 0 Å². The fraction of sp³-hybridized carbons (Fsp3) is 0.364. The van der Waals surface area contributed by atoms with E-state index in [1.54, 1.807) is 7.11 Å². The van der Waals surface area contributed by atoms with E-state index in [1.165, 1.54) is 5.56 Å². The molecule has 1 heterocycles. The SMILES string of the molecule is COCC(N)C1=Nc2cc(Cl)ccc2C1. The molecule has 1 unspecified atom stereocenters. The highest BCUT2D eigenvalue weighted by Gasteiger charge is 2.19. The van der Waals surface area contributed by atoms with Crippen molar-refractivity contribution in [2.75, 3.05) is 13.7 Å². The zero-order valence-corrected chi connectivity index (χ0v) is 9.29. The zero-order chi connectivity index (χ0) is 10.8. The summed E-state index contributed by atoms with van der Waals surface area (Å²) in [6.45, 7) is 0.501. The summed E-state index contributed by atoms with van der Waals surface area (Å²) in [5.74, 6) is 0. The number of fused-ring (bicyclic) bond motifs is 1. The first-order valence-corrected chi connectivity index (χ1v) is 5.19. The van der Waals surface area contributed by atoms with E-state index in [0.29, 0.717) is 11.6 Å². The van der Waals surface area contributed by atoms with Crippen molar-refractivity contribution in [2.24, 2.45) is 10.7 Å². The monoisotopic (exact) mass is 224 g/mol. The van der Waals surface area contributed by atoms with Gasteiger partial charge in [0.15, 0.2) is 0 Å². The average molecular weight is 225 g/mol. The molecule has 0 aliphatic carbocycles. The normalized spacial score (nSPS) is 16.1. The molecule has 1 aliphatic heterocycles. The Morgan fingerprint density at radius 1 is 1.60 bits per heavy atom. The molecule has 2 rings (SSSR count). The Bertz CT molecular complexity index is 404. The van der Waals surface area contributed by atoms with Crippen molar-refractivity contribution >= 4 is 23.0 Å². The Morgan fingerprint density at radius 2 is 2.40 bits per heavy atom. The third kappa shape index (κ3) is 2.20. The Morgan fingerprint density at radius 3 is 3.13 bits per heavy atom. The molecule has 15 heavy (non-hydrogen) atoms. The van der Waals surface area contributed by atoms with E-state index in [-0.39, 0.29) is 6.04 Å². The summed E-state index contributed by atoms with van der Waals surface area (Å²) in [6, 6.07) is 5.61. The predicted octanol–water partition coefficient (Wildman–Crippen LogP) is 1.94. The van der Waals surface area contributed by atoms with E-state index in [4.69, 9.17) is 22.1 Å². The summed E-state index contributed by atoms with van der Waals surface area (Å²) in [5.41, 5.74) is 9.00. The van der Waals surface area contributed by atoms with Crippen LogP contribution in [-0.2, 0) is 11.2 Å². The van der Waals surface area contributed by atoms with E-state index >= 15 is 0 Å². The molecule has 1 atom stereocenters. The minimum absolute atomic E-state index is 0.124. The van der Waals surface area contributed by atoms with E-state index in [2.05, 4.69) is 4.99 Å². The van der Waals surface area contributed by atoms with Crippen LogP contribution in [0.5, 0.6) is 0 Å². The third-order valence-electron chi connectivity index (χ3n) is 2.46. The van der Waals surface area contributed by atoms with Gasteiger partial charge in [0, 0.05) is 24.3 Å². The maximum absolute atomic E-state index is 5.92. The lowest BCUT2D eigenvalue weighted by atomic mass is 10.1. The molecule has 0 aromatic heterocycles. The van der Waals surface area contributed by atoms with Crippen molar-refractivity contribution in [3.63, 3.8) is 0 Å². The van der Waals surface area contributed by atoms with Gasteiger partial charge in [0.25, 0.3) is 0 Å². The smallest absolute Gasteiger partial charge is 0.0680 e.